The van der Waals surface area contributed by atoms with Gasteiger partial charge in [0.1, 0.15) is 5.60 Å². The molecule has 1 aromatic rings. The van der Waals surface area contributed by atoms with Crippen molar-refractivity contribution in [1.29, 1.82) is 5.26 Å². The Morgan fingerprint density at radius 3 is 2.45 bits per heavy atom. The minimum absolute atomic E-state index is 0.390. The smallest absolute Gasteiger partial charge is 0.334 e. The number of carbonyl (C=O) groups excluding carboxylic acids is 1. The molecular formula is C17H23BrN2O2. The first-order chi connectivity index (χ1) is 10.4. The van der Waals surface area contributed by atoms with Crippen LogP contribution in [-0.4, -0.2) is 28.3 Å². The fourth-order valence-electron chi connectivity index (χ4n) is 2.05. The van der Waals surface area contributed by atoms with Gasteiger partial charge in [-0.15, -0.1) is 0 Å². The van der Waals surface area contributed by atoms with Crippen LogP contribution in [-0.2, 0) is 9.53 Å². The van der Waals surface area contributed by atoms with E-state index in [2.05, 4.69) is 22.1 Å². The zero-order chi connectivity index (χ0) is 16.6. The zero-order valence-corrected chi connectivity index (χ0v) is 15.0. The number of hydrogen-bond acceptors (Lipinski definition) is 4. The maximum atomic E-state index is 12.6. The van der Waals surface area contributed by atoms with Crippen molar-refractivity contribution in [2.75, 3.05) is 11.9 Å². The second-order valence-corrected chi connectivity index (χ2v) is 6.83. The Kier molecular flexibility index (Phi) is 7.40. The second kappa shape index (κ2) is 8.79. The summed E-state index contributed by atoms with van der Waals surface area (Å²) < 4.78 is 5.50. The fourth-order valence-corrected chi connectivity index (χ4v) is 2.45. The summed E-state index contributed by atoms with van der Waals surface area (Å²) in [7, 11) is 0. The van der Waals surface area contributed by atoms with Gasteiger partial charge < -0.3 is 4.74 Å². The number of carbonyl (C=O) groups is 1. The number of ether oxygens (including phenoxy) is 1. The van der Waals surface area contributed by atoms with E-state index in [4.69, 9.17) is 4.74 Å². The van der Waals surface area contributed by atoms with E-state index in [-0.39, 0.29) is 5.97 Å². The number of unbranched alkanes of at least 4 members (excludes halogenated alkanes) is 1. The summed E-state index contributed by atoms with van der Waals surface area (Å²) in [5.41, 5.74) is 0.193. The van der Waals surface area contributed by atoms with Gasteiger partial charge in [-0.3, -0.25) is 4.90 Å². The monoisotopic (exact) mass is 366 g/mol. The van der Waals surface area contributed by atoms with Crippen LogP contribution in [0, 0.1) is 11.5 Å². The molecule has 22 heavy (non-hydrogen) atoms. The quantitative estimate of drug-likeness (QED) is 0.240. The van der Waals surface area contributed by atoms with Crippen molar-refractivity contribution in [3.63, 3.8) is 0 Å². The number of alkyl halides is 1. The minimum atomic E-state index is -0.694. The average Bonchev–Trinajstić information content (AvgIpc) is 2.45. The van der Waals surface area contributed by atoms with Gasteiger partial charge >= 0.3 is 5.97 Å². The highest BCUT2D eigenvalue weighted by atomic mass is 79.9. The second-order valence-electron chi connectivity index (χ2n) is 6.04. The number of nitrogens with zero attached hydrogens (tertiary/aromatic N) is 2. The number of nitriles is 1. The van der Waals surface area contributed by atoms with E-state index >= 15 is 0 Å². The molecule has 0 bridgehead atoms. The topological polar surface area (TPSA) is 53.3 Å². The highest BCUT2D eigenvalue weighted by Gasteiger charge is 2.31. The average molecular weight is 367 g/mol. The maximum absolute atomic E-state index is 12.6. The van der Waals surface area contributed by atoms with Gasteiger partial charge in [-0.25, -0.2) is 4.79 Å². The summed E-state index contributed by atoms with van der Waals surface area (Å²) in [5, 5.41) is 10.3. The molecule has 1 aromatic carbocycles. The van der Waals surface area contributed by atoms with Gasteiger partial charge in [-0.05, 0) is 39.2 Å². The van der Waals surface area contributed by atoms with Crippen LogP contribution in [0.4, 0.5) is 0 Å². The lowest BCUT2D eigenvalue weighted by Crippen LogP contribution is -2.36. The predicted molar refractivity (Wildman–Crippen MR) is 90.4 cm³/mol. The van der Waals surface area contributed by atoms with Crippen molar-refractivity contribution in [2.24, 2.45) is 0 Å². The predicted octanol–water partition coefficient (Wildman–Crippen LogP) is 4.03. The summed E-state index contributed by atoms with van der Waals surface area (Å²) in [6.45, 7) is 6.01. The Hall–Kier alpha value is -1.54. The number of halogens is 1. The molecule has 120 valence electrons. The molecule has 1 unspecified atom stereocenters. The number of hydrogen-bond donors (Lipinski definition) is 0. The third kappa shape index (κ3) is 6.07. The van der Waals surface area contributed by atoms with Gasteiger partial charge in [0, 0.05) is 11.9 Å². The van der Waals surface area contributed by atoms with Gasteiger partial charge in [0.2, 0.25) is 0 Å². The van der Waals surface area contributed by atoms with Crippen LogP contribution in [0.2, 0.25) is 0 Å². The molecule has 0 spiro atoms. The van der Waals surface area contributed by atoms with Crippen LogP contribution < -0.4 is 0 Å². The maximum Gasteiger partial charge on any atom is 0.334 e. The molecule has 0 heterocycles. The summed E-state index contributed by atoms with van der Waals surface area (Å²) >= 11 is 3.38. The van der Waals surface area contributed by atoms with Crippen LogP contribution >= 0.6 is 15.9 Å². The molecule has 5 heteroatoms. The summed E-state index contributed by atoms with van der Waals surface area (Å²) in [5.74, 6) is -0.390. The lowest BCUT2D eigenvalue weighted by molar-refractivity contribution is -0.160. The first-order valence-electron chi connectivity index (χ1n) is 7.39. The van der Waals surface area contributed by atoms with E-state index in [9.17, 15) is 10.1 Å². The van der Waals surface area contributed by atoms with Crippen LogP contribution in [0.25, 0.3) is 0 Å². The van der Waals surface area contributed by atoms with Crippen LogP contribution in [0.3, 0.4) is 0 Å². The van der Waals surface area contributed by atoms with E-state index in [1.54, 1.807) is 0 Å². The molecule has 0 saturated heterocycles. The van der Waals surface area contributed by atoms with Crippen LogP contribution in [0.5, 0.6) is 0 Å². The van der Waals surface area contributed by atoms with E-state index < -0.39 is 11.6 Å². The molecule has 1 rings (SSSR count). The summed E-state index contributed by atoms with van der Waals surface area (Å²) in [6, 6.07) is 8.62. The van der Waals surface area contributed by atoms with Crippen LogP contribution in [0.15, 0.2) is 30.3 Å². The molecule has 0 amide bonds. The van der Waals surface area contributed by atoms with E-state index in [0.29, 0.717) is 6.54 Å². The van der Waals surface area contributed by atoms with Gasteiger partial charge in [-0.1, -0.05) is 46.3 Å². The van der Waals surface area contributed by atoms with Crippen molar-refractivity contribution in [2.45, 2.75) is 45.3 Å². The SMILES string of the molecule is CC(C)(C)OC(=O)C(c1ccccc1)N(C#N)CCCCBr. The summed E-state index contributed by atoms with van der Waals surface area (Å²) in [4.78, 5) is 14.1. The molecule has 0 N–H and O–H groups in total. The molecule has 0 aliphatic heterocycles. The molecule has 1 atom stereocenters. The van der Waals surface area contributed by atoms with Crippen molar-refractivity contribution >= 4 is 21.9 Å². The van der Waals surface area contributed by atoms with E-state index in [1.165, 1.54) is 4.90 Å². The standard InChI is InChI=1S/C17H23BrN2O2/c1-17(2,3)22-16(21)15(14-9-5-4-6-10-14)20(13-19)12-8-7-11-18/h4-6,9-10,15H,7-8,11-12H2,1-3H3. The van der Waals surface area contributed by atoms with Crippen molar-refractivity contribution in [3.8, 4) is 6.19 Å². The molecule has 0 aromatic heterocycles. The lowest BCUT2D eigenvalue weighted by atomic mass is 10.0. The highest BCUT2D eigenvalue weighted by molar-refractivity contribution is 9.09. The molecule has 0 fully saturated rings. The Balaban J connectivity index is 3.00. The minimum Gasteiger partial charge on any atom is -0.458 e. The Morgan fingerprint density at radius 2 is 1.95 bits per heavy atom. The highest BCUT2D eigenvalue weighted by Crippen LogP contribution is 2.24. The molecule has 4 nitrogen and oxygen atoms in total. The third-order valence-corrected chi connectivity index (χ3v) is 3.53. The van der Waals surface area contributed by atoms with Gasteiger partial charge in [0.15, 0.2) is 12.2 Å². The van der Waals surface area contributed by atoms with E-state index in [0.717, 1.165) is 23.7 Å². The largest absolute Gasteiger partial charge is 0.458 e. The number of rotatable bonds is 7. The lowest BCUT2D eigenvalue weighted by Gasteiger charge is -2.29. The normalized spacial score (nSPS) is 12.3. The molecule has 0 aliphatic carbocycles. The fraction of sp³-hybridized carbons (Fsp3) is 0.529. The van der Waals surface area contributed by atoms with Crippen molar-refractivity contribution in [1.82, 2.24) is 4.90 Å². The summed E-state index contributed by atoms with van der Waals surface area (Å²) in [6.07, 6.45) is 3.93. The molecule has 0 saturated carbocycles. The molecule has 0 aliphatic rings. The zero-order valence-electron chi connectivity index (χ0n) is 13.4. The first-order valence-corrected chi connectivity index (χ1v) is 8.51. The Morgan fingerprint density at radius 1 is 1.32 bits per heavy atom. The third-order valence-electron chi connectivity index (χ3n) is 2.97. The van der Waals surface area contributed by atoms with Crippen molar-refractivity contribution in [3.05, 3.63) is 35.9 Å². The Bertz CT molecular complexity index is 506. The first kappa shape index (κ1) is 18.5. The van der Waals surface area contributed by atoms with Gasteiger partial charge in [-0.2, -0.15) is 5.26 Å². The Labute approximate surface area is 141 Å². The van der Waals surface area contributed by atoms with Crippen molar-refractivity contribution < 1.29 is 9.53 Å². The number of benzene rings is 1. The molecular weight excluding hydrogens is 344 g/mol. The van der Waals surface area contributed by atoms with E-state index in [1.807, 2.05) is 51.1 Å². The number of esters is 1. The molecule has 0 radical (unpaired) electrons. The van der Waals surface area contributed by atoms with Gasteiger partial charge in [0.05, 0.1) is 0 Å². The van der Waals surface area contributed by atoms with Crippen LogP contribution in [0.1, 0.15) is 45.2 Å². The van der Waals surface area contributed by atoms with Gasteiger partial charge in [0.25, 0.3) is 0 Å².